The van der Waals surface area contributed by atoms with E-state index in [0.29, 0.717) is 36.3 Å². The Morgan fingerprint density at radius 2 is 2.24 bits per heavy atom. The average Bonchev–Trinajstić information content (AvgIpc) is 3.28. The van der Waals surface area contributed by atoms with Gasteiger partial charge in [0, 0.05) is 31.8 Å². The van der Waals surface area contributed by atoms with Crippen molar-refractivity contribution in [2.75, 3.05) is 20.3 Å². The Kier molecular flexibility index (Phi) is 4.97. The number of rotatable bonds is 6. The van der Waals surface area contributed by atoms with Crippen molar-refractivity contribution in [1.29, 1.82) is 0 Å². The highest BCUT2D eigenvalue weighted by atomic mass is 19.1. The molecule has 7 nitrogen and oxygen atoms in total. The van der Waals surface area contributed by atoms with Crippen molar-refractivity contribution in [3.63, 3.8) is 0 Å². The molecule has 2 amide bonds. The number of fused-ring (bicyclic) bond motifs is 1. The number of H-pyrrole nitrogens is 1. The van der Waals surface area contributed by atoms with Gasteiger partial charge in [-0.2, -0.15) is 5.10 Å². The molecular formula is C17H19FN4O3. The van der Waals surface area contributed by atoms with Gasteiger partial charge in [0.15, 0.2) is 0 Å². The summed E-state index contributed by atoms with van der Waals surface area (Å²) in [5.74, 6) is -0.305. The number of amides is 2. The summed E-state index contributed by atoms with van der Waals surface area (Å²) in [6, 6.07) is 3.13. The molecule has 3 N–H and O–H groups in total. The van der Waals surface area contributed by atoms with Crippen molar-refractivity contribution in [3.05, 3.63) is 46.8 Å². The molecular weight excluding hydrogens is 327 g/mol. The van der Waals surface area contributed by atoms with Crippen molar-refractivity contribution >= 4 is 11.8 Å². The molecule has 2 aromatic rings. The zero-order valence-electron chi connectivity index (χ0n) is 13.8. The van der Waals surface area contributed by atoms with Crippen LogP contribution in [0, 0.1) is 0 Å². The lowest BCUT2D eigenvalue weighted by molar-refractivity contribution is 0.0954. The molecule has 8 heteroatoms. The maximum absolute atomic E-state index is 12.9. The van der Waals surface area contributed by atoms with Crippen molar-refractivity contribution in [2.45, 2.75) is 18.9 Å². The maximum Gasteiger partial charge on any atom is 0.254 e. The smallest absolute Gasteiger partial charge is 0.254 e. The summed E-state index contributed by atoms with van der Waals surface area (Å²) < 4.78 is 18.4. The highest BCUT2D eigenvalue weighted by Gasteiger charge is 2.29. The molecule has 0 spiro atoms. The number of hydrogen-bond donors (Lipinski definition) is 3. The van der Waals surface area contributed by atoms with Crippen LogP contribution in [-0.4, -0.2) is 48.4 Å². The van der Waals surface area contributed by atoms with Gasteiger partial charge >= 0.3 is 0 Å². The number of aromatic amines is 1. The molecule has 1 atom stereocenters. The number of nitrogens with zero attached hydrogens (tertiary/aromatic N) is 1. The van der Waals surface area contributed by atoms with Crippen LogP contribution in [0.2, 0.25) is 0 Å². The number of carbonyl (C=O) groups is 2. The average molecular weight is 346 g/mol. The molecule has 0 saturated heterocycles. The number of ether oxygens (including phenoxy) is 1. The molecule has 0 saturated carbocycles. The van der Waals surface area contributed by atoms with Gasteiger partial charge in [-0.05, 0) is 29.7 Å². The van der Waals surface area contributed by atoms with Crippen LogP contribution in [0.5, 0.6) is 5.75 Å². The summed E-state index contributed by atoms with van der Waals surface area (Å²) in [4.78, 5) is 24.5. The highest BCUT2D eigenvalue weighted by molar-refractivity contribution is 6.02. The molecule has 25 heavy (non-hydrogen) atoms. The summed E-state index contributed by atoms with van der Waals surface area (Å²) >= 11 is 0. The first-order chi connectivity index (χ1) is 12.1. The standard InChI is InChI=1S/C17H19FN4O3/c1-19-17(24)14-6-12(4-11-5-13(7-18)25-15(11)14)16(23)20-3-2-10-8-21-22-9-10/h4,6,8-9,13H,2-3,5,7H2,1H3,(H,19,24)(H,20,23)(H,21,22). The van der Waals surface area contributed by atoms with E-state index < -0.39 is 12.8 Å². The van der Waals surface area contributed by atoms with Gasteiger partial charge in [0.1, 0.15) is 18.5 Å². The Morgan fingerprint density at radius 1 is 1.40 bits per heavy atom. The summed E-state index contributed by atoms with van der Waals surface area (Å²) in [5.41, 5.74) is 2.26. The fourth-order valence-corrected chi connectivity index (χ4v) is 2.79. The Bertz CT molecular complexity index is 776. The number of aromatic nitrogens is 2. The summed E-state index contributed by atoms with van der Waals surface area (Å²) in [6.45, 7) is -0.206. The quantitative estimate of drug-likeness (QED) is 0.727. The van der Waals surface area contributed by atoms with Crippen molar-refractivity contribution in [2.24, 2.45) is 0 Å². The molecule has 0 fully saturated rings. The molecule has 2 heterocycles. The van der Waals surface area contributed by atoms with Crippen molar-refractivity contribution in [1.82, 2.24) is 20.8 Å². The monoisotopic (exact) mass is 346 g/mol. The molecule has 132 valence electrons. The molecule has 1 unspecified atom stereocenters. The first kappa shape index (κ1) is 16.9. The maximum atomic E-state index is 12.9. The zero-order valence-corrected chi connectivity index (χ0v) is 13.8. The van der Waals surface area contributed by atoms with Crippen LogP contribution >= 0.6 is 0 Å². The van der Waals surface area contributed by atoms with E-state index in [2.05, 4.69) is 20.8 Å². The van der Waals surface area contributed by atoms with Crippen molar-refractivity contribution < 1.29 is 18.7 Å². The Morgan fingerprint density at radius 3 is 2.92 bits per heavy atom. The number of carbonyl (C=O) groups excluding carboxylic acids is 2. The second kappa shape index (κ2) is 7.33. The first-order valence-electron chi connectivity index (χ1n) is 8.00. The fourth-order valence-electron chi connectivity index (χ4n) is 2.79. The summed E-state index contributed by atoms with van der Waals surface area (Å²) in [5, 5.41) is 11.9. The van der Waals surface area contributed by atoms with Gasteiger partial charge in [-0.3, -0.25) is 14.7 Å². The van der Waals surface area contributed by atoms with E-state index in [0.717, 1.165) is 5.56 Å². The van der Waals surface area contributed by atoms with Gasteiger partial charge in [0.05, 0.1) is 11.8 Å². The van der Waals surface area contributed by atoms with Crippen LogP contribution in [-0.2, 0) is 12.8 Å². The number of nitrogens with one attached hydrogen (secondary N) is 3. The number of hydrogen-bond acceptors (Lipinski definition) is 4. The van der Waals surface area contributed by atoms with Gasteiger partial charge in [0.2, 0.25) is 0 Å². The van der Waals surface area contributed by atoms with Gasteiger partial charge in [-0.15, -0.1) is 0 Å². The largest absolute Gasteiger partial charge is 0.486 e. The second-order valence-electron chi connectivity index (χ2n) is 5.80. The molecule has 1 aromatic carbocycles. The van der Waals surface area contributed by atoms with E-state index in [4.69, 9.17) is 4.74 Å². The molecule has 1 aliphatic rings. The third kappa shape index (κ3) is 3.62. The van der Waals surface area contributed by atoms with E-state index in [1.54, 1.807) is 18.5 Å². The lowest BCUT2D eigenvalue weighted by Gasteiger charge is -2.11. The van der Waals surface area contributed by atoms with Crippen LogP contribution in [0.25, 0.3) is 0 Å². The van der Waals surface area contributed by atoms with Gasteiger partial charge < -0.3 is 15.4 Å². The van der Waals surface area contributed by atoms with Gasteiger partial charge in [0.25, 0.3) is 11.8 Å². The van der Waals surface area contributed by atoms with E-state index in [9.17, 15) is 14.0 Å². The van der Waals surface area contributed by atoms with Crippen LogP contribution < -0.4 is 15.4 Å². The molecule has 0 aliphatic carbocycles. The second-order valence-corrected chi connectivity index (χ2v) is 5.80. The number of alkyl halides is 1. The number of halogens is 1. The van der Waals surface area contributed by atoms with E-state index in [1.807, 2.05) is 0 Å². The summed E-state index contributed by atoms with van der Waals surface area (Å²) in [7, 11) is 1.49. The summed E-state index contributed by atoms with van der Waals surface area (Å²) in [6.07, 6.45) is 3.83. The number of benzene rings is 1. The van der Waals surface area contributed by atoms with Gasteiger partial charge in [-0.1, -0.05) is 0 Å². The van der Waals surface area contributed by atoms with Crippen molar-refractivity contribution in [3.8, 4) is 5.75 Å². The third-order valence-electron chi connectivity index (χ3n) is 4.06. The third-order valence-corrected chi connectivity index (χ3v) is 4.06. The lowest BCUT2D eigenvalue weighted by Crippen LogP contribution is -2.26. The predicted molar refractivity (Wildman–Crippen MR) is 88.6 cm³/mol. The van der Waals surface area contributed by atoms with Crippen LogP contribution in [0.1, 0.15) is 31.8 Å². The Labute approximate surface area is 144 Å². The molecule has 1 aliphatic heterocycles. The molecule has 0 radical (unpaired) electrons. The minimum Gasteiger partial charge on any atom is -0.486 e. The van der Waals surface area contributed by atoms with E-state index >= 15 is 0 Å². The predicted octanol–water partition coefficient (Wildman–Crippen LogP) is 1.01. The van der Waals surface area contributed by atoms with E-state index in [-0.39, 0.29) is 17.4 Å². The first-order valence-corrected chi connectivity index (χ1v) is 8.00. The minimum absolute atomic E-state index is 0.246. The van der Waals surface area contributed by atoms with Crippen LogP contribution in [0.4, 0.5) is 4.39 Å². The van der Waals surface area contributed by atoms with Crippen LogP contribution in [0.15, 0.2) is 24.5 Å². The highest BCUT2D eigenvalue weighted by Crippen LogP contribution is 2.34. The van der Waals surface area contributed by atoms with E-state index in [1.165, 1.54) is 13.1 Å². The zero-order chi connectivity index (χ0) is 17.8. The van der Waals surface area contributed by atoms with Gasteiger partial charge in [-0.25, -0.2) is 4.39 Å². The SMILES string of the molecule is CNC(=O)c1cc(C(=O)NCCc2cn[nH]c2)cc2c1OC(CF)C2. The molecule has 3 rings (SSSR count). The molecule has 0 bridgehead atoms. The topological polar surface area (TPSA) is 96.1 Å². The fraction of sp³-hybridized carbons (Fsp3) is 0.353. The Hall–Kier alpha value is -2.90. The normalized spacial score (nSPS) is 15.4. The van der Waals surface area contributed by atoms with Crippen LogP contribution in [0.3, 0.4) is 0 Å². The molecule has 1 aromatic heterocycles. The minimum atomic E-state index is -0.645. The lowest BCUT2D eigenvalue weighted by atomic mass is 10.0. The Balaban J connectivity index is 1.77.